The molecule has 1 fully saturated rings. The number of benzene rings is 1. The van der Waals surface area contributed by atoms with Crippen molar-refractivity contribution in [3.8, 4) is 5.75 Å². The van der Waals surface area contributed by atoms with Crippen LogP contribution in [0.2, 0.25) is 0 Å². The lowest BCUT2D eigenvalue weighted by Gasteiger charge is -2.30. The van der Waals surface area contributed by atoms with Crippen LogP contribution in [0.5, 0.6) is 5.75 Å². The molecule has 1 unspecified atom stereocenters. The maximum absolute atomic E-state index is 12.5. The highest BCUT2D eigenvalue weighted by Crippen LogP contribution is 2.25. The highest BCUT2D eigenvalue weighted by molar-refractivity contribution is 7.89. The number of hydrogen-bond donors (Lipinski definition) is 0. The van der Waals surface area contributed by atoms with Crippen LogP contribution in [0.25, 0.3) is 0 Å². The van der Waals surface area contributed by atoms with Crippen LogP contribution in [0, 0.1) is 5.92 Å². The van der Waals surface area contributed by atoms with Crippen LogP contribution in [-0.4, -0.2) is 38.7 Å². The second kappa shape index (κ2) is 5.93. The van der Waals surface area contributed by atoms with Gasteiger partial charge in [0, 0.05) is 19.0 Å². The van der Waals surface area contributed by atoms with E-state index in [2.05, 4.69) is 0 Å². The number of sulfonamides is 1. The summed E-state index contributed by atoms with van der Waals surface area (Å²) in [5.41, 5.74) is 0. The molecule has 5 nitrogen and oxygen atoms in total. The zero-order chi connectivity index (χ0) is 14.8. The predicted octanol–water partition coefficient (Wildman–Crippen LogP) is 1.68. The Morgan fingerprint density at radius 2 is 1.95 bits per heavy atom. The summed E-state index contributed by atoms with van der Waals surface area (Å²) >= 11 is 0. The van der Waals surface area contributed by atoms with Gasteiger partial charge < -0.3 is 4.74 Å². The molecule has 1 aliphatic heterocycles. The van der Waals surface area contributed by atoms with Crippen molar-refractivity contribution in [2.45, 2.75) is 24.7 Å². The smallest absolute Gasteiger partial charge is 0.243 e. The number of nitrogens with zero attached hydrogens (tertiary/aromatic N) is 1. The summed E-state index contributed by atoms with van der Waals surface area (Å²) < 4.78 is 31.5. The Hall–Kier alpha value is -1.40. The second-order valence-corrected chi connectivity index (χ2v) is 6.93. The van der Waals surface area contributed by atoms with Crippen LogP contribution in [0.15, 0.2) is 29.2 Å². The first-order valence-corrected chi connectivity index (χ1v) is 8.04. The largest absolute Gasteiger partial charge is 0.497 e. The molecule has 1 heterocycles. The molecule has 2 rings (SSSR count). The lowest BCUT2D eigenvalue weighted by atomic mass is 9.96. The Kier molecular flexibility index (Phi) is 4.45. The normalized spacial score (nSPS) is 20.6. The van der Waals surface area contributed by atoms with Gasteiger partial charge >= 0.3 is 0 Å². The highest BCUT2D eigenvalue weighted by atomic mass is 32.2. The Bertz CT molecular complexity index is 580. The van der Waals surface area contributed by atoms with E-state index in [9.17, 15) is 13.2 Å². The van der Waals surface area contributed by atoms with Gasteiger partial charge in [-0.3, -0.25) is 4.79 Å². The average molecular weight is 297 g/mol. The molecule has 0 N–H and O–H groups in total. The third kappa shape index (κ3) is 3.02. The molecule has 0 spiro atoms. The van der Waals surface area contributed by atoms with Crippen molar-refractivity contribution < 1.29 is 17.9 Å². The fourth-order valence-electron chi connectivity index (χ4n) is 2.39. The number of ketones is 1. The summed E-state index contributed by atoms with van der Waals surface area (Å²) in [7, 11) is -1.99. The maximum Gasteiger partial charge on any atom is 0.243 e. The first kappa shape index (κ1) is 15.0. The van der Waals surface area contributed by atoms with Crippen molar-refractivity contribution in [2.75, 3.05) is 20.2 Å². The van der Waals surface area contributed by atoms with Crippen LogP contribution in [0.4, 0.5) is 0 Å². The van der Waals surface area contributed by atoms with E-state index in [-0.39, 0.29) is 23.1 Å². The minimum Gasteiger partial charge on any atom is -0.497 e. The standard InChI is InChI=1S/C14H19NO4S/c1-11(16)12-4-3-9-15(10-12)20(17,18)14-7-5-13(19-2)6-8-14/h5-8,12H,3-4,9-10H2,1-2H3. The quantitative estimate of drug-likeness (QED) is 0.848. The van der Waals surface area contributed by atoms with Gasteiger partial charge in [0.1, 0.15) is 11.5 Å². The van der Waals surface area contributed by atoms with Crippen molar-refractivity contribution in [1.82, 2.24) is 4.31 Å². The lowest BCUT2D eigenvalue weighted by molar-refractivity contribution is -0.121. The topological polar surface area (TPSA) is 63.7 Å². The van der Waals surface area contributed by atoms with E-state index in [0.717, 1.165) is 12.8 Å². The summed E-state index contributed by atoms with van der Waals surface area (Å²) in [5.74, 6) is 0.487. The Labute approximate surface area is 119 Å². The van der Waals surface area contributed by atoms with E-state index in [4.69, 9.17) is 4.74 Å². The minimum atomic E-state index is -3.53. The van der Waals surface area contributed by atoms with Gasteiger partial charge in [0.15, 0.2) is 0 Å². The Balaban J connectivity index is 2.22. The van der Waals surface area contributed by atoms with Gasteiger partial charge in [-0.05, 0) is 44.0 Å². The molecule has 1 aromatic carbocycles. The molecule has 20 heavy (non-hydrogen) atoms. The van der Waals surface area contributed by atoms with Gasteiger partial charge in [0.25, 0.3) is 0 Å². The van der Waals surface area contributed by atoms with Crippen LogP contribution in [-0.2, 0) is 14.8 Å². The van der Waals surface area contributed by atoms with Crippen molar-refractivity contribution >= 4 is 15.8 Å². The molecule has 0 saturated carbocycles. The van der Waals surface area contributed by atoms with Gasteiger partial charge in [-0.2, -0.15) is 4.31 Å². The first-order chi connectivity index (χ1) is 9.45. The molecular weight excluding hydrogens is 278 g/mol. The number of carbonyl (C=O) groups excluding carboxylic acids is 1. The first-order valence-electron chi connectivity index (χ1n) is 6.60. The molecular formula is C14H19NO4S. The van der Waals surface area contributed by atoms with E-state index < -0.39 is 10.0 Å². The van der Waals surface area contributed by atoms with E-state index in [1.165, 1.54) is 30.5 Å². The van der Waals surface area contributed by atoms with E-state index >= 15 is 0 Å². The van der Waals surface area contributed by atoms with Crippen molar-refractivity contribution in [2.24, 2.45) is 5.92 Å². The fraction of sp³-hybridized carbons (Fsp3) is 0.500. The molecule has 6 heteroatoms. The van der Waals surface area contributed by atoms with Crippen LogP contribution in [0.1, 0.15) is 19.8 Å². The van der Waals surface area contributed by atoms with Gasteiger partial charge in [-0.1, -0.05) is 0 Å². The number of methoxy groups -OCH3 is 1. The molecule has 0 aromatic heterocycles. The highest BCUT2D eigenvalue weighted by Gasteiger charge is 2.31. The van der Waals surface area contributed by atoms with Crippen LogP contribution < -0.4 is 4.74 Å². The van der Waals surface area contributed by atoms with Gasteiger partial charge in [0.2, 0.25) is 10.0 Å². The van der Waals surface area contributed by atoms with Gasteiger partial charge in [0.05, 0.1) is 12.0 Å². The van der Waals surface area contributed by atoms with E-state index in [1.54, 1.807) is 12.1 Å². The van der Waals surface area contributed by atoms with Crippen LogP contribution in [0.3, 0.4) is 0 Å². The van der Waals surface area contributed by atoms with Crippen molar-refractivity contribution in [1.29, 1.82) is 0 Å². The molecule has 1 atom stereocenters. The molecule has 1 saturated heterocycles. The molecule has 1 aromatic rings. The molecule has 0 aliphatic carbocycles. The summed E-state index contributed by atoms with van der Waals surface area (Å²) in [6, 6.07) is 6.32. The van der Waals surface area contributed by atoms with E-state index in [0.29, 0.717) is 12.3 Å². The third-order valence-corrected chi connectivity index (χ3v) is 5.54. The third-order valence-electron chi connectivity index (χ3n) is 3.66. The summed E-state index contributed by atoms with van der Waals surface area (Å²) in [6.07, 6.45) is 1.49. The number of hydrogen-bond acceptors (Lipinski definition) is 4. The molecule has 0 bridgehead atoms. The Morgan fingerprint density at radius 3 is 2.50 bits per heavy atom. The number of piperidine rings is 1. The van der Waals surface area contributed by atoms with E-state index in [1.807, 2.05) is 0 Å². The molecule has 1 aliphatic rings. The van der Waals surface area contributed by atoms with Gasteiger partial charge in [-0.25, -0.2) is 8.42 Å². The van der Waals surface area contributed by atoms with Gasteiger partial charge in [-0.15, -0.1) is 0 Å². The van der Waals surface area contributed by atoms with Crippen LogP contribution >= 0.6 is 0 Å². The molecule has 110 valence electrons. The minimum absolute atomic E-state index is 0.0552. The zero-order valence-corrected chi connectivity index (χ0v) is 12.5. The van der Waals surface area contributed by atoms with Crippen molar-refractivity contribution in [3.63, 3.8) is 0 Å². The number of rotatable bonds is 4. The molecule has 0 radical (unpaired) electrons. The summed E-state index contributed by atoms with van der Waals surface area (Å²) in [5, 5.41) is 0. The fourth-order valence-corrected chi connectivity index (χ4v) is 3.91. The summed E-state index contributed by atoms with van der Waals surface area (Å²) in [4.78, 5) is 11.7. The SMILES string of the molecule is COc1ccc(S(=O)(=O)N2CCCC(C(C)=O)C2)cc1. The predicted molar refractivity (Wildman–Crippen MR) is 75.2 cm³/mol. The lowest BCUT2D eigenvalue weighted by Crippen LogP contribution is -2.41. The monoisotopic (exact) mass is 297 g/mol. The Morgan fingerprint density at radius 1 is 1.30 bits per heavy atom. The number of ether oxygens (including phenoxy) is 1. The maximum atomic E-state index is 12.5. The zero-order valence-electron chi connectivity index (χ0n) is 11.7. The van der Waals surface area contributed by atoms with Crippen molar-refractivity contribution in [3.05, 3.63) is 24.3 Å². The number of Topliss-reactive ketones (excluding diaryl/α,β-unsaturated/α-hetero) is 1. The second-order valence-electron chi connectivity index (χ2n) is 4.99. The molecule has 0 amide bonds. The summed E-state index contributed by atoms with van der Waals surface area (Å²) in [6.45, 7) is 2.27. The number of carbonyl (C=O) groups is 1. The average Bonchev–Trinajstić information content (AvgIpc) is 2.47.